The SMILES string of the molecule is CCS(=O)(=O)N1CCC(NC(=NC)NCC2(c3cccc(F)c3)CC2)CC1. The predicted molar refractivity (Wildman–Crippen MR) is 106 cm³/mol. The number of rotatable bonds is 6. The predicted octanol–water partition coefficient (Wildman–Crippen LogP) is 1.84. The van der Waals surface area contributed by atoms with Crippen LogP contribution in [0.15, 0.2) is 29.3 Å². The van der Waals surface area contributed by atoms with E-state index in [9.17, 15) is 12.8 Å². The zero-order valence-electron chi connectivity index (χ0n) is 16.0. The van der Waals surface area contributed by atoms with Gasteiger partial charge in [-0.25, -0.2) is 17.1 Å². The van der Waals surface area contributed by atoms with Gasteiger partial charge in [-0.05, 0) is 50.3 Å². The Bertz CT molecular complexity index is 785. The van der Waals surface area contributed by atoms with Crippen LogP contribution in [0.1, 0.15) is 38.2 Å². The number of aliphatic imine (C=N–C) groups is 1. The number of piperidine rings is 1. The Morgan fingerprint density at radius 1 is 1.33 bits per heavy atom. The molecule has 27 heavy (non-hydrogen) atoms. The number of sulfonamides is 1. The van der Waals surface area contributed by atoms with Gasteiger partial charge in [-0.1, -0.05) is 12.1 Å². The lowest BCUT2D eigenvalue weighted by Gasteiger charge is -2.32. The van der Waals surface area contributed by atoms with Gasteiger partial charge >= 0.3 is 0 Å². The Labute approximate surface area is 161 Å². The fourth-order valence-electron chi connectivity index (χ4n) is 3.64. The van der Waals surface area contributed by atoms with E-state index in [4.69, 9.17) is 0 Å². The molecule has 0 spiro atoms. The highest BCUT2D eigenvalue weighted by molar-refractivity contribution is 7.89. The first-order valence-corrected chi connectivity index (χ1v) is 11.2. The highest BCUT2D eigenvalue weighted by Crippen LogP contribution is 2.47. The maximum absolute atomic E-state index is 13.5. The summed E-state index contributed by atoms with van der Waals surface area (Å²) in [6, 6.07) is 7.03. The van der Waals surface area contributed by atoms with Crippen LogP contribution in [0, 0.1) is 5.82 Å². The zero-order valence-corrected chi connectivity index (χ0v) is 16.9. The molecule has 1 saturated heterocycles. The lowest BCUT2D eigenvalue weighted by Crippen LogP contribution is -2.50. The van der Waals surface area contributed by atoms with Crippen LogP contribution in [0.5, 0.6) is 0 Å². The number of halogens is 1. The Balaban J connectivity index is 1.51. The molecule has 1 aliphatic carbocycles. The Morgan fingerprint density at radius 2 is 2.04 bits per heavy atom. The van der Waals surface area contributed by atoms with Crippen molar-refractivity contribution >= 4 is 16.0 Å². The molecule has 2 N–H and O–H groups in total. The molecule has 8 heteroatoms. The van der Waals surface area contributed by atoms with Crippen molar-refractivity contribution in [1.29, 1.82) is 0 Å². The summed E-state index contributed by atoms with van der Waals surface area (Å²) in [6.07, 6.45) is 3.59. The molecule has 1 aromatic rings. The van der Waals surface area contributed by atoms with Gasteiger partial charge in [0.2, 0.25) is 10.0 Å². The number of benzene rings is 1. The molecule has 1 saturated carbocycles. The van der Waals surface area contributed by atoms with Crippen molar-refractivity contribution in [2.24, 2.45) is 4.99 Å². The van der Waals surface area contributed by atoms with Gasteiger partial charge in [-0.2, -0.15) is 0 Å². The smallest absolute Gasteiger partial charge is 0.213 e. The van der Waals surface area contributed by atoms with E-state index in [1.165, 1.54) is 6.07 Å². The fraction of sp³-hybridized carbons (Fsp3) is 0.632. The minimum atomic E-state index is -3.11. The van der Waals surface area contributed by atoms with E-state index in [-0.39, 0.29) is 23.0 Å². The third-order valence-corrected chi connectivity index (χ3v) is 7.54. The molecule has 2 fully saturated rings. The topological polar surface area (TPSA) is 73.8 Å². The largest absolute Gasteiger partial charge is 0.356 e. The standard InChI is InChI=1S/C19H29FN4O2S/c1-3-27(25,26)24-11-7-17(8-12-24)23-18(21-2)22-14-19(9-10-19)15-5-4-6-16(20)13-15/h4-6,13,17H,3,7-12,14H2,1-2H3,(H2,21,22,23). The fourth-order valence-corrected chi connectivity index (χ4v) is 4.77. The van der Waals surface area contributed by atoms with Gasteiger partial charge < -0.3 is 10.6 Å². The molecule has 3 rings (SSSR count). The van der Waals surface area contributed by atoms with Crippen LogP contribution in [0.25, 0.3) is 0 Å². The Kier molecular flexibility index (Phi) is 6.05. The molecular formula is C19H29FN4O2S. The molecule has 6 nitrogen and oxygen atoms in total. The minimum Gasteiger partial charge on any atom is -0.356 e. The number of hydrogen-bond acceptors (Lipinski definition) is 3. The summed E-state index contributed by atoms with van der Waals surface area (Å²) >= 11 is 0. The number of guanidine groups is 1. The first kappa shape index (κ1) is 20.1. The van der Waals surface area contributed by atoms with Gasteiger partial charge in [0.15, 0.2) is 5.96 Å². The number of nitrogens with one attached hydrogen (secondary N) is 2. The highest BCUT2D eigenvalue weighted by atomic mass is 32.2. The average Bonchev–Trinajstić information content (AvgIpc) is 3.47. The first-order chi connectivity index (χ1) is 12.9. The Hall–Kier alpha value is -1.67. The van der Waals surface area contributed by atoms with Gasteiger partial charge in [-0.15, -0.1) is 0 Å². The summed E-state index contributed by atoms with van der Waals surface area (Å²) < 4.78 is 39.0. The quantitative estimate of drug-likeness (QED) is 0.568. The zero-order chi connectivity index (χ0) is 19.5. The summed E-state index contributed by atoms with van der Waals surface area (Å²) in [5.41, 5.74) is 1.02. The lowest BCUT2D eigenvalue weighted by molar-refractivity contribution is 0.306. The van der Waals surface area contributed by atoms with Crippen molar-refractivity contribution in [1.82, 2.24) is 14.9 Å². The second-order valence-electron chi connectivity index (χ2n) is 7.43. The maximum atomic E-state index is 13.5. The third kappa shape index (κ3) is 4.79. The van der Waals surface area contributed by atoms with Crippen molar-refractivity contribution in [3.8, 4) is 0 Å². The summed E-state index contributed by atoms with van der Waals surface area (Å²) in [5, 5.41) is 6.78. The van der Waals surface area contributed by atoms with Crippen molar-refractivity contribution in [3.63, 3.8) is 0 Å². The number of nitrogens with zero attached hydrogens (tertiary/aromatic N) is 2. The third-order valence-electron chi connectivity index (χ3n) is 5.66. The van der Waals surface area contributed by atoms with E-state index in [1.54, 1.807) is 30.4 Å². The molecule has 0 unspecified atom stereocenters. The Morgan fingerprint density at radius 3 is 2.59 bits per heavy atom. The van der Waals surface area contributed by atoms with Gasteiger partial charge in [-0.3, -0.25) is 4.99 Å². The van der Waals surface area contributed by atoms with Crippen LogP contribution < -0.4 is 10.6 Å². The van der Waals surface area contributed by atoms with Crippen LogP contribution >= 0.6 is 0 Å². The average molecular weight is 397 g/mol. The number of hydrogen-bond donors (Lipinski definition) is 2. The molecule has 1 aromatic carbocycles. The molecule has 1 heterocycles. The molecule has 0 radical (unpaired) electrons. The molecular weight excluding hydrogens is 367 g/mol. The van der Waals surface area contributed by atoms with E-state index >= 15 is 0 Å². The molecule has 150 valence electrons. The normalized spacial score (nSPS) is 21.1. The van der Waals surface area contributed by atoms with Crippen molar-refractivity contribution in [2.45, 2.75) is 44.1 Å². The highest BCUT2D eigenvalue weighted by Gasteiger charge is 2.44. The molecule has 0 bridgehead atoms. The van der Waals surface area contributed by atoms with Gasteiger partial charge in [0, 0.05) is 38.1 Å². The van der Waals surface area contributed by atoms with Crippen LogP contribution in [-0.2, 0) is 15.4 Å². The van der Waals surface area contributed by atoms with Gasteiger partial charge in [0.25, 0.3) is 0 Å². The van der Waals surface area contributed by atoms with Gasteiger partial charge in [0.1, 0.15) is 5.82 Å². The van der Waals surface area contributed by atoms with Crippen LogP contribution in [0.4, 0.5) is 4.39 Å². The summed E-state index contributed by atoms with van der Waals surface area (Å²) in [5.74, 6) is 0.667. The van der Waals surface area contributed by atoms with Crippen LogP contribution in [0.3, 0.4) is 0 Å². The molecule has 0 atom stereocenters. The lowest BCUT2D eigenvalue weighted by atomic mass is 9.96. The van der Waals surface area contributed by atoms with Crippen LogP contribution in [0.2, 0.25) is 0 Å². The summed E-state index contributed by atoms with van der Waals surface area (Å²) in [4.78, 5) is 4.30. The van der Waals surface area contributed by atoms with E-state index in [2.05, 4.69) is 15.6 Å². The van der Waals surface area contributed by atoms with E-state index < -0.39 is 10.0 Å². The second-order valence-corrected chi connectivity index (χ2v) is 9.69. The molecule has 0 aromatic heterocycles. The maximum Gasteiger partial charge on any atom is 0.213 e. The van der Waals surface area contributed by atoms with E-state index in [0.717, 1.165) is 37.2 Å². The first-order valence-electron chi connectivity index (χ1n) is 9.59. The van der Waals surface area contributed by atoms with Crippen molar-refractivity contribution < 1.29 is 12.8 Å². The van der Waals surface area contributed by atoms with Gasteiger partial charge in [0.05, 0.1) is 5.75 Å². The minimum absolute atomic E-state index is 0.0156. The molecule has 2 aliphatic rings. The summed E-state index contributed by atoms with van der Waals surface area (Å²) in [7, 11) is -1.38. The van der Waals surface area contributed by atoms with Crippen LogP contribution in [-0.4, -0.2) is 57.2 Å². The van der Waals surface area contributed by atoms with E-state index in [0.29, 0.717) is 19.6 Å². The second kappa shape index (κ2) is 8.14. The van der Waals surface area contributed by atoms with E-state index in [1.807, 2.05) is 6.07 Å². The molecule has 0 amide bonds. The summed E-state index contributed by atoms with van der Waals surface area (Å²) in [6.45, 7) is 3.47. The van der Waals surface area contributed by atoms with Crippen molar-refractivity contribution in [2.75, 3.05) is 32.4 Å². The monoisotopic (exact) mass is 396 g/mol. The molecule has 1 aliphatic heterocycles. The van der Waals surface area contributed by atoms with Crippen molar-refractivity contribution in [3.05, 3.63) is 35.6 Å².